The lowest BCUT2D eigenvalue weighted by Crippen LogP contribution is -2.54. The number of rotatable bonds is 7. The Kier molecular flexibility index (Phi) is 4.72. The standard InChI is InChI=1S/C22H24N4O6/c1-11-16(25-29)18(27)15-13(10-32-21(23)28)22(30-2)20-14(24-20)8-26(22)17(15)19(11)31-9-12-6-4-3-5-7-12/h3-7,13-14,20,24,27H,8-10H2,1-2H3,(H2,23,28)/t13-,14+,20+,22-/m1/s1. The van der Waals surface area contributed by atoms with Crippen molar-refractivity contribution in [2.24, 2.45) is 10.9 Å². The second-order valence-corrected chi connectivity index (χ2v) is 8.28. The lowest BCUT2D eigenvalue weighted by Gasteiger charge is -2.39. The average Bonchev–Trinajstić information content (AvgIpc) is 3.40. The Labute approximate surface area is 184 Å². The van der Waals surface area contributed by atoms with Gasteiger partial charge in [0.05, 0.1) is 17.6 Å². The molecule has 3 heterocycles. The Morgan fingerprint density at radius 3 is 2.78 bits per heavy atom. The number of benzene rings is 2. The molecule has 168 valence electrons. The number of nitrogens with zero attached hydrogens (tertiary/aromatic N) is 2. The Hall–Kier alpha value is -3.37. The van der Waals surface area contributed by atoms with Gasteiger partial charge in [0, 0.05) is 30.8 Å². The maximum absolute atomic E-state index is 11.7. The molecule has 3 aliphatic heterocycles. The average molecular weight is 440 g/mol. The van der Waals surface area contributed by atoms with Crippen LogP contribution < -0.4 is 20.7 Å². The first kappa shape index (κ1) is 20.5. The Balaban J connectivity index is 1.66. The molecular weight excluding hydrogens is 416 g/mol. The van der Waals surface area contributed by atoms with Crippen molar-refractivity contribution in [3.05, 3.63) is 51.9 Å². The molecule has 0 radical (unpaired) electrons. The van der Waals surface area contributed by atoms with E-state index >= 15 is 0 Å². The summed E-state index contributed by atoms with van der Waals surface area (Å²) in [5.41, 5.74) is 6.60. The lowest BCUT2D eigenvalue weighted by atomic mass is 9.88. The fourth-order valence-electron chi connectivity index (χ4n) is 5.31. The van der Waals surface area contributed by atoms with E-state index in [0.29, 0.717) is 29.1 Å². The van der Waals surface area contributed by atoms with Gasteiger partial charge in [-0.1, -0.05) is 30.3 Å². The van der Waals surface area contributed by atoms with Crippen molar-refractivity contribution in [1.82, 2.24) is 5.32 Å². The number of amides is 1. The van der Waals surface area contributed by atoms with E-state index < -0.39 is 17.7 Å². The van der Waals surface area contributed by atoms with Gasteiger partial charge in [0.25, 0.3) is 0 Å². The molecule has 0 aliphatic carbocycles. The van der Waals surface area contributed by atoms with E-state index in [1.807, 2.05) is 35.2 Å². The first-order valence-corrected chi connectivity index (χ1v) is 10.3. The van der Waals surface area contributed by atoms with Gasteiger partial charge < -0.3 is 35.3 Å². The molecule has 0 aromatic heterocycles. The third-order valence-corrected chi connectivity index (χ3v) is 6.73. The van der Waals surface area contributed by atoms with Crippen molar-refractivity contribution in [3.8, 4) is 11.5 Å². The number of aromatic hydroxyl groups is 1. The molecule has 3 aliphatic rings. The Morgan fingerprint density at radius 1 is 1.38 bits per heavy atom. The number of carbonyl (C=O) groups is 1. The van der Waals surface area contributed by atoms with E-state index in [0.717, 1.165) is 5.56 Å². The van der Waals surface area contributed by atoms with Gasteiger partial charge in [-0.3, -0.25) is 0 Å². The molecule has 2 fully saturated rings. The largest absolute Gasteiger partial charge is 0.505 e. The normalized spacial score (nSPS) is 26.8. The summed E-state index contributed by atoms with van der Waals surface area (Å²) in [7, 11) is 1.58. The Bertz CT molecular complexity index is 1090. The monoisotopic (exact) mass is 440 g/mol. The van der Waals surface area contributed by atoms with Gasteiger partial charge in [-0.05, 0) is 17.7 Å². The van der Waals surface area contributed by atoms with Gasteiger partial charge in [0.2, 0.25) is 0 Å². The Morgan fingerprint density at radius 2 is 2.12 bits per heavy atom. The van der Waals surface area contributed by atoms with Crippen molar-refractivity contribution >= 4 is 17.5 Å². The number of hydrogen-bond donors (Lipinski definition) is 3. The highest BCUT2D eigenvalue weighted by Crippen LogP contribution is 2.64. The van der Waals surface area contributed by atoms with Crippen LogP contribution in [0.3, 0.4) is 0 Å². The number of ether oxygens (including phenoxy) is 3. The number of phenolic OH excluding ortho intramolecular Hbond substituents is 1. The van der Waals surface area contributed by atoms with Gasteiger partial charge in [-0.2, -0.15) is 0 Å². The van der Waals surface area contributed by atoms with Crippen molar-refractivity contribution in [2.45, 2.75) is 37.3 Å². The van der Waals surface area contributed by atoms with E-state index in [1.54, 1.807) is 14.0 Å². The number of carbonyl (C=O) groups excluding carboxylic acids is 1. The number of anilines is 1. The van der Waals surface area contributed by atoms with E-state index in [2.05, 4.69) is 10.5 Å². The molecule has 32 heavy (non-hydrogen) atoms. The molecule has 1 amide bonds. The van der Waals surface area contributed by atoms with Crippen molar-refractivity contribution < 1.29 is 24.1 Å². The SMILES string of the molecule is CO[C@@]12[C@H](COC(N)=O)c3c(O)c(N=O)c(C)c(OCc4ccccc4)c3N1C[C@@H]1N[C@@H]12. The molecule has 0 spiro atoms. The zero-order valence-corrected chi connectivity index (χ0v) is 17.7. The van der Waals surface area contributed by atoms with Crippen molar-refractivity contribution in [1.29, 1.82) is 0 Å². The fraction of sp³-hybridized carbons (Fsp3) is 0.409. The summed E-state index contributed by atoms with van der Waals surface area (Å²) < 4.78 is 17.4. The van der Waals surface area contributed by atoms with Crippen LogP contribution in [0.15, 0.2) is 35.5 Å². The van der Waals surface area contributed by atoms with Gasteiger partial charge in [-0.15, -0.1) is 4.91 Å². The molecule has 5 rings (SSSR count). The number of hydrogen-bond acceptors (Lipinski definition) is 9. The van der Waals surface area contributed by atoms with Crippen molar-refractivity contribution in [2.75, 3.05) is 25.2 Å². The first-order chi connectivity index (χ1) is 15.4. The number of fused-ring (bicyclic) bond motifs is 5. The number of primary amides is 1. The maximum Gasteiger partial charge on any atom is 0.404 e. The third kappa shape index (κ3) is 2.76. The van der Waals surface area contributed by atoms with Crippen LogP contribution in [0.4, 0.5) is 16.2 Å². The molecular formula is C22H24N4O6. The zero-order valence-electron chi connectivity index (χ0n) is 17.7. The minimum atomic E-state index is -0.935. The molecule has 2 aromatic rings. The zero-order chi connectivity index (χ0) is 22.6. The topological polar surface area (TPSA) is 146 Å². The summed E-state index contributed by atoms with van der Waals surface area (Å²) in [4.78, 5) is 25.1. The molecule has 2 saturated heterocycles. The predicted octanol–water partition coefficient (Wildman–Crippen LogP) is 2.37. The van der Waals surface area contributed by atoms with Crippen LogP contribution in [0.25, 0.3) is 0 Å². The molecule has 10 nitrogen and oxygen atoms in total. The minimum Gasteiger partial charge on any atom is -0.505 e. The maximum atomic E-state index is 11.7. The van der Waals surface area contributed by atoms with Gasteiger partial charge >= 0.3 is 6.09 Å². The molecule has 4 atom stereocenters. The highest BCUT2D eigenvalue weighted by molar-refractivity contribution is 5.85. The van der Waals surface area contributed by atoms with Crippen LogP contribution in [0.1, 0.15) is 22.6 Å². The summed E-state index contributed by atoms with van der Waals surface area (Å²) in [5, 5.41) is 17.5. The lowest BCUT2D eigenvalue weighted by molar-refractivity contribution is -0.0337. The van der Waals surface area contributed by atoms with Crippen LogP contribution in [-0.2, 0) is 16.1 Å². The number of phenols is 1. The van der Waals surface area contributed by atoms with E-state index in [1.165, 1.54) is 0 Å². The number of piperazine rings is 1. The van der Waals surface area contributed by atoms with Crippen molar-refractivity contribution in [3.63, 3.8) is 0 Å². The number of nitrogens with one attached hydrogen (secondary N) is 1. The fourth-order valence-corrected chi connectivity index (χ4v) is 5.31. The predicted molar refractivity (Wildman–Crippen MR) is 115 cm³/mol. The van der Waals surface area contributed by atoms with Crippen LogP contribution in [0, 0.1) is 11.8 Å². The molecule has 4 N–H and O–H groups in total. The summed E-state index contributed by atoms with van der Waals surface area (Å²) in [6, 6.07) is 9.76. The van der Waals surface area contributed by atoms with Crippen LogP contribution in [0.5, 0.6) is 11.5 Å². The van der Waals surface area contributed by atoms with Gasteiger partial charge in [0.15, 0.2) is 17.2 Å². The van der Waals surface area contributed by atoms with E-state index in [-0.39, 0.29) is 36.7 Å². The second kappa shape index (κ2) is 7.35. The van der Waals surface area contributed by atoms with E-state index in [4.69, 9.17) is 19.9 Å². The molecule has 0 bridgehead atoms. The second-order valence-electron chi connectivity index (χ2n) is 8.28. The quantitative estimate of drug-likeness (QED) is 0.439. The highest BCUT2D eigenvalue weighted by Gasteiger charge is 2.71. The highest BCUT2D eigenvalue weighted by atomic mass is 16.6. The molecule has 10 heteroatoms. The first-order valence-electron chi connectivity index (χ1n) is 10.3. The summed E-state index contributed by atoms with van der Waals surface area (Å²) in [6.07, 6.45) is -0.935. The summed E-state index contributed by atoms with van der Waals surface area (Å²) in [5.74, 6) is -0.429. The smallest absolute Gasteiger partial charge is 0.404 e. The molecule has 0 saturated carbocycles. The van der Waals surface area contributed by atoms with Crippen LogP contribution in [0.2, 0.25) is 0 Å². The molecule has 2 aromatic carbocycles. The van der Waals surface area contributed by atoms with Crippen LogP contribution in [-0.4, -0.2) is 49.3 Å². The number of nitrogens with two attached hydrogens (primary N) is 1. The summed E-state index contributed by atoms with van der Waals surface area (Å²) >= 11 is 0. The van der Waals surface area contributed by atoms with Gasteiger partial charge in [0.1, 0.15) is 19.0 Å². The minimum absolute atomic E-state index is 0.0457. The number of nitroso groups, excluding NO2 is 1. The molecule has 0 unspecified atom stereocenters. The number of methoxy groups -OCH3 is 1. The van der Waals surface area contributed by atoms with Crippen LogP contribution >= 0.6 is 0 Å². The summed E-state index contributed by atoms with van der Waals surface area (Å²) in [6.45, 7) is 2.42. The third-order valence-electron chi connectivity index (χ3n) is 6.73. The van der Waals surface area contributed by atoms with Gasteiger partial charge in [-0.25, -0.2) is 4.79 Å². The van der Waals surface area contributed by atoms with E-state index in [9.17, 15) is 14.8 Å².